The molecule has 1 heterocycles. The summed E-state index contributed by atoms with van der Waals surface area (Å²) in [6, 6.07) is 7.58. The number of nitrogens with one attached hydrogen (secondary N) is 2. The summed E-state index contributed by atoms with van der Waals surface area (Å²) in [6.07, 6.45) is 2.03. The van der Waals surface area contributed by atoms with Crippen LogP contribution in [0.2, 0.25) is 5.02 Å². The zero-order chi connectivity index (χ0) is 13.0. The predicted molar refractivity (Wildman–Crippen MR) is 73.6 cm³/mol. The summed E-state index contributed by atoms with van der Waals surface area (Å²) in [5.41, 5.74) is 0.969. The summed E-state index contributed by atoms with van der Waals surface area (Å²) >= 11 is 6.12. The molecule has 3 nitrogen and oxygen atoms in total. The maximum Gasteiger partial charge on any atom is 0.224 e. The molecule has 0 spiro atoms. The minimum absolute atomic E-state index is 0.0480. The van der Waals surface area contributed by atoms with Crippen LogP contribution in [0.1, 0.15) is 31.4 Å². The molecule has 2 rings (SSSR count). The smallest absolute Gasteiger partial charge is 0.224 e. The Kier molecular flexibility index (Phi) is 4.61. The number of carbonyl (C=O) groups is 1. The topological polar surface area (TPSA) is 41.1 Å². The van der Waals surface area contributed by atoms with Crippen molar-refractivity contribution in [3.63, 3.8) is 0 Å². The van der Waals surface area contributed by atoms with Crippen molar-refractivity contribution in [2.75, 3.05) is 13.1 Å². The van der Waals surface area contributed by atoms with E-state index in [1.807, 2.05) is 31.2 Å². The van der Waals surface area contributed by atoms with Gasteiger partial charge in [-0.15, -0.1) is 0 Å². The summed E-state index contributed by atoms with van der Waals surface area (Å²) in [5, 5.41) is 7.00. The van der Waals surface area contributed by atoms with Gasteiger partial charge < -0.3 is 10.6 Å². The van der Waals surface area contributed by atoms with E-state index in [1.54, 1.807) is 0 Å². The lowest BCUT2D eigenvalue weighted by Crippen LogP contribution is -2.41. The first-order valence-electron chi connectivity index (χ1n) is 6.44. The van der Waals surface area contributed by atoms with Gasteiger partial charge in [0.05, 0.1) is 12.0 Å². The Balaban J connectivity index is 1.96. The molecular formula is C14H19ClN2O. The van der Waals surface area contributed by atoms with Gasteiger partial charge in [0, 0.05) is 11.6 Å². The molecule has 0 bridgehead atoms. The molecule has 0 unspecified atom stereocenters. The summed E-state index contributed by atoms with van der Waals surface area (Å²) < 4.78 is 0. The number of amides is 1. The lowest BCUT2D eigenvalue weighted by atomic mass is 9.98. The Bertz CT molecular complexity index is 416. The van der Waals surface area contributed by atoms with Crippen LogP contribution in [0, 0.1) is 5.92 Å². The first kappa shape index (κ1) is 13.4. The van der Waals surface area contributed by atoms with Crippen LogP contribution in [0.5, 0.6) is 0 Å². The van der Waals surface area contributed by atoms with Gasteiger partial charge in [-0.25, -0.2) is 0 Å². The number of hydrogen-bond acceptors (Lipinski definition) is 2. The molecule has 1 saturated heterocycles. The number of piperidine rings is 1. The molecule has 0 aliphatic carbocycles. The second-order valence-electron chi connectivity index (χ2n) is 4.80. The fraction of sp³-hybridized carbons (Fsp3) is 0.500. The van der Waals surface area contributed by atoms with Gasteiger partial charge >= 0.3 is 0 Å². The Hall–Kier alpha value is -1.06. The van der Waals surface area contributed by atoms with Crippen LogP contribution in [0.15, 0.2) is 24.3 Å². The van der Waals surface area contributed by atoms with Crippen molar-refractivity contribution in [2.45, 2.75) is 25.8 Å². The third-order valence-electron chi connectivity index (χ3n) is 3.40. The molecule has 1 aliphatic rings. The van der Waals surface area contributed by atoms with Crippen LogP contribution in [-0.2, 0) is 4.79 Å². The molecular weight excluding hydrogens is 248 g/mol. The van der Waals surface area contributed by atoms with E-state index in [-0.39, 0.29) is 17.9 Å². The van der Waals surface area contributed by atoms with Crippen molar-refractivity contribution >= 4 is 17.5 Å². The van der Waals surface area contributed by atoms with Crippen molar-refractivity contribution in [2.24, 2.45) is 5.92 Å². The van der Waals surface area contributed by atoms with Crippen molar-refractivity contribution in [1.29, 1.82) is 0 Å². The fourth-order valence-electron chi connectivity index (χ4n) is 2.31. The summed E-state index contributed by atoms with van der Waals surface area (Å²) in [4.78, 5) is 12.1. The van der Waals surface area contributed by atoms with Crippen LogP contribution >= 0.6 is 11.6 Å². The number of benzene rings is 1. The second kappa shape index (κ2) is 6.21. The van der Waals surface area contributed by atoms with Gasteiger partial charge in [-0.05, 0) is 37.9 Å². The minimum Gasteiger partial charge on any atom is -0.349 e. The van der Waals surface area contributed by atoms with E-state index >= 15 is 0 Å². The Morgan fingerprint density at radius 2 is 2.28 bits per heavy atom. The van der Waals surface area contributed by atoms with Gasteiger partial charge in [-0.2, -0.15) is 0 Å². The molecule has 18 heavy (non-hydrogen) atoms. The van der Waals surface area contributed by atoms with Gasteiger partial charge in [0.2, 0.25) is 5.91 Å². The normalized spacial score (nSPS) is 21.3. The second-order valence-corrected chi connectivity index (χ2v) is 5.20. The van der Waals surface area contributed by atoms with E-state index in [4.69, 9.17) is 11.6 Å². The number of halogens is 1. The monoisotopic (exact) mass is 266 g/mol. The third-order valence-corrected chi connectivity index (χ3v) is 3.74. The molecule has 0 radical (unpaired) electrons. The molecule has 98 valence electrons. The maximum atomic E-state index is 12.1. The molecule has 0 aromatic heterocycles. The SMILES string of the molecule is C[C@H](NC(=O)[C@H]1CCCNC1)c1ccccc1Cl. The zero-order valence-electron chi connectivity index (χ0n) is 10.6. The fourth-order valence-corrected chi connectivity index (χ4v) is 2.61. The van der Waals surface area contributed by atoms with E-state index in [0.717, 1.165) is 31.5 Å². The predicted octanol–water partition coefficient (Wildman–Crippen LogP) is 2.52. The van der Waals surface area contributed by atoms with Crippen LogP contribution in [0.4, 0.5) is 0 Å². The highest BCUT2D eigenvalue weighted by molar-refractivity contribution is 6.31. The van der Waals surface area contributed by atoms with E-state index in [9.17, 15) is 4.79 Å². The lowest BCUT2D eigenvalue weighted by molar-refractivity contribution is -0.126. The Morgan fingerprint density at radius 3 is 2.94 bits per heavy atom. The van der Waals surface area contributed by atoms with E-state index in [1.165, 1.54) is 0 Å². The van der Waals surface area contributed by atoms with Crippen molar-refractivity contribution in [3.8, 4) is 0 Å². The van der Waals surface area contributed by atoms with Crippen molar-refractivity contribution in [3.05, 3.63) is 34.9 Å². The van der Waals surface area contributed by atoms with Crippen LogP contribution in [-0.4, -0.2) is 19.0 Å². The number of hydrogen-bond donors (Lipinski definition) is 2. The minimum atomic E-state index is -0.0480. The van der Waals surface area contributed by atoms with Gasteiger partial charge in [-0.1, -0.05) is 29.8 Å². The largest absolute Gasteiger partial charge is 0.349 e. The molecule has 1 aliphatic heterocycles. The average Bonchev–Trinajstić information content (AvgIpc) is 2.40. The number of rotatable bonds is 3. The molecule has 2 atom stereocenters. The Morgan fingerprint density at radius 1 is 1.50 bits per heavy atom. The molecule has 1 amide bonds. The molecule has 4 heteroatoms. The molecule has 1 aromatic carbocycles. The van der Waals surface area contributed by atoms with Crippen molar-refractivity contribution < 1.29 is 4.79 Å². The first-order chi connectivity index (χ1) is 8.68. The Labute approximate surface area is 113 Å². The maximum absolute atomic E-state index is 12.1. The highest BCUT2D eigenvalue weighted by Crippen LogP contribution is 2.22. The lowest BCUT2D eigenvalue weighted by Gasteiger charge is -2.24. The van der Waals surface area contributed by atoms with Crippen LogP contribution in [0.25, 0.3) is 0 Å². The zero-order valence-corrected chi connectivity index (χ0v) is 11.3. The quantitative estimate of drug-likeness (QED) is 0.883. The highest BCUT2D eigenvalue weighted by atomic mass is 35.5. The number of carbonyl (C=O) groups excluding carboxylic acids is 1. The molecule has 0 saturated carbocycles. The van der Waals surface area contributed by atoms with Gasteiger partial charge in [0.15, 0.2) is 0 Å². The summed E-state index contributed by atoms with van der Waals surface area (Å²) in [7, 11) is 0. The molecule has 2 N–H and O–H groups in total. The van der Waals surface area contributed by atoms with Gasteiger partial charge in [0.25, 0.3) is 0 Å². The molecule has 1 fully saturated rings. The average molecular weight is 267 g/mol. The first-order valence-corrected chi connectivity index (χ1v) is 6.82. The third kappa shape index (κ3) is 3.24. The summed E-state index contributed by atoms with van der Waals surface area (Å²) in [5.74, 6) is 0.207. The van der Waals surface area contributed by atoms with E-state index in [0.29, 0.717) is 5.02 Å². The van der Waals surface area contributed by atoms with Crippen LogP contribution in [0.3, 0.4) is 0 Å². The van der Waals surface area contributed by atoms with Crippen LogP contribution < -0.4 is 10.6 Å². The van der Waals surface area contributed by atoms with Gasteiger partial charge in [0.1, 0.15) is 0 Å². The highest BCUT2D eigenvalue weighted by Gasteiger charge is 2.22. The van der Waals surface area contributed by atoms with Gasteiger partial charge in [-0.3, -0.25) is 4.79 Å². The molecule has 1 aromatic rings. The summed E-state index contributed by atoms with van der Waals surface area (Å²) in [6.45, 7) is 3.76. The van der Waals surface area contributed by atoms with E-state index < -0.39 is 0 Å². The standard InChI is InChI=1S/C14H19ClN2O/c1-10(12-6-2-3-7-13(12)15)17-14(18)11-5-4-8-16-9-11/h2-3,6-7,10-11,16H,4-5,8-9H2,1H3,(H,17,18)/t10-,11-/m0/s1. The van der Waals surface area contributed by atoms with E-state index in [2.05, 4.69) is 10.6 Å². The van der Waals surface area contributed by atoms with Crippen molar-refractivity contribution in [1.82, 2.24) is 10.6 Å².